The second-order valence-corrected chi connectivity index (χ2v) is 8.29. The molecule has 2 N–H and O–H groups in total. The summed E-state index contributed by atoms with van der Waals surface area (Å²) in [7, 11) is -3.34. The summed E-state index contributed by atoms with van der Waals surface area (Å²) in [4.78, 5) is 12.2. The minimum absolute atomic E-state index is 0.0177. The molecule has 1 saturated heterocycles. The van der Waals surface area contributed by atoms with E-state index in [1.165, 1.54) is 10.4 Å². The van der Waals surface area contributed by atoms with Gasteiger partial charge < -0.3 is 10.4 Å². The molecule has 1 heterocycles. The van der Waals surface area contributed by atoms with Gasteiger partial charge in [-0.05, 0) is 37.5 Å². The molecule has 25 heavy (non-hydrogen) atoms. The zero-order valence-corrected chi connectivity index (χ0v) is 14.7. The molecule has 0 radical (unpaired) electrons. The molecule has 1 aliphatic heterocycles. The molecule has 2 atom stereocenters. The van der Waals surface area contributed by atoms with Gasteiger partial charge in [-0.15, -0.1) is 0 Å². The topological polar surface area (TPSA) is 86.7 Å². The summed E-state index contributed by atoms with van der Waals surface area (Å²) in [6.45, 7) is 1.90. The molecular weight excluding hydrogens is 354 g/mol. The summed E-state index contributed by atoms with van der Waals surface area (Å²) in [6.07, 6.45) is -0.0376. The second-order valence-electron chi connectivity index (χ2n) is 6.03. The number of aliphatic hydroxyl groups is 1. The van der Waals surface area contributed by atoms with Crippen LogP contribution < -0.4 is 5.32 Å². The Bertz CT molecular complexity index is 727. The van der Waals surface area contributed by atoms with E-state index in [0.717, 1.165) is 12.1 Å². The molecule has 0 aromatic heterocycles. The van der Waals surface area contributed by atoms with Crippen LogP contribution >= 0.6 is 0 Å². The van der Waals surface area contributed by atoms with Crippen LogP contribution in [0.2, 0.25) is 0 Å². The van der Waals surface area contributed by atoms with E-state index < -0.39 is 33.7 Å². The molecule has 2 rings (SSSR count). The lowest BCUT2D eigenvalue weighted by atomic mass is 9.98. The quantitative estimate of drug-likeness (QED) is 0.781. The van der Waals surface area contributed by atoms with E-state index in [1.807, 2.05) is 0 Å². The normalized spacial score (nSPS) is 20.2. The summed E-state index contributed by atoms with van der Waals surface area (Å²) < 4.78 is 51.2. The minimum Gasteiger partial charge on any atom is -0.387 e. The summed E-state index contributed by atoms with van der Waals surface area (Å²) in [5, 5.41) is 12.5. The first-order valence-corrected chi connectivity index (χ1v) is 9.74. The van der Waals surface area contributed by atoms with Gasteiger partial charge in [-0.3, -0.25) is 4.79 Å². The van der Waals surface area contributed by atoms with Crippen LogP contribution in [0.3, 0.4) is 0 Å². The SMILES string of the molecule is CCS(=O)(=O)N1CCC[C@@H](C(=O)NC[C@@H](O)c2ccc(F)c(F)c2)C1. The molecule has 0 bridgehead atoms. The Labute approximate surface area is 145 Å². The van der Waals surface area contributed by atoms with E-state index in [1.54, 1.807) is 6.92 Å². The van der Waals surface area contributed by atoms with Crippen molar-refractivity contribution < 1.29 is 27.1 Å². The van der Waals surface area contributed by atoms with Crippen LogP contribution in [0.15, 0.2) is 18.2 Å². The highest BCUT2D eigenvalue weighted by Gasteiger charge is 2.31. The molecular formula is C16H22F2N2O4S. The fourth-order valence-corrected chi connectivity index (χ4v) is 3.95. The number of amides is 1. The van der Waals surface area contributed by atoms with E-state index in [0.29, 0.717) is 19.4 Å². The number of carbonyl (C=O) groups is 1. The average Bonchev–Trinajstić information content (AvgIpc) is 2.61. The highest BCUT2D eigenvalue weighted by Crippen LogP contribution is 2.20. The van der Waals surface area contributed by atoms with Gasteiger partial charge in [0.25, 0.3) is 0 Å². The minimum atomic E-state index is -3.34. The third-order valence-electron chi connectivity index (χ3n) is 4.31. The summed E-state index contributed by atoms with van der Waals surface area (Å²) in [5.74, 6) is -2.96. The molecule has 0 unspecified atom stereocenters. The van der Waals surface area contributed by atoms with E-state index in [-0.39, 0.29) is 30.3 Å². The molecule has 1 amide bonds. The zero-order chi connectivity index (χ0) is 18.6. The highest BCUT2D eigenvalue weighted by atomic mass is 32.2. The summed E-state index contributed by atoms with van der Waals surface area (Å²) in [6, 6.07) is 3.03. The first-order valence-electron chi connectivity index (χ1n) is 8.13. The number of sulfonamides is 1. The third kappa shape index (κ3) is 4.96. The monoisotopic (exact) mass is 376 g/mol. The maximum absolute atomic E-state index is 13.2. The van der Waals surface area contributed by atoms with Crippen molar-refractivity contribution in [2.24, 2.45) is 5.92 Å². The molecule has 1 aromatic carbocycles. The second kappa shape index (κ2) is 8.20. The molecule has 1 fully saturated rings. The summed E-state index contributed by atoms with van der Waals surface area (Å²) in [5.41, 5.74) is 0.151. The Morgan fingerprint density at radius 3 is 2.76 bits per heavy atom. The fraction of sp³-hybridized carbons (Fsp3) is 0.562. The van der Waals surface area contributed by atoms with Gasteiger partial charge in [-0.2, -0.15) is 0 Å². The maximum atomic E-state index is 13.2. The van der Waals surface area contributed by atoms with Crippen LogP contribution in [0, 0.1) is 17.6 Å². The smallest absolute Gasteiger partial charge is 0.224 e. The van der Waals surface area contributed by atoms with Crippen molar-refractivity contribution in [1.29, 1.82) is 0 Å². The maximum Gasteiger partial charge on any atom is 0.224 e. The number of nitrogens with zero attached hydrogens (tertiary/aromatic N) is 1. The largest absolute Gasteiger partial charge is 0.387 e. The lowest BCUT2D eigenvalue weighted by Gasteiger charge is -2.31. The van der Waals surface area contributed by atoms with Gasteiger partial charge in [0.05, 0.1) is 17.8 Å². The molecule has 0 aliphatic carbocycles. The zero-order valence-electron chi connectivity index (χ0n) is 13.9. The van der Waals surface area contributed by atoms with E-state index in [4.69, 9.17) is 0 Å². The van der Waals surface area contributed by atoms with E-state index >= 15 is 0 Å². The number of hydrogen-bond acceptors (Lipinski definition) is 4. The van der Waals surface area contributed by atoms with Crippen molar-refractivity contribution in [1.82, 2.24) is 9.62 Å². The van der Waals surface area contributed by atoms with Crippen molar-refractivity contribution in [2.75, 3.05) is 25.4 Å². The highest BCUT2D eigenvalue weighted by molar-refractivity contribution is 7.89. The Morgan fingerprint density at radius 2 is 2.12 bits per heavy atom. The van der Waals surface area contributed by atoms with Crippen LogP contribution in [0.4, 0.5) is 8.78 Å². The van der Waals surface area contributed by atoms with Gasteiger partial charge in [0.1, 0.15) is 0 Å². The van der Waals surface area contributed by atoms with Crippen molar-refractivity contribution >= 4 is 15.9 Å². The molecule has 1 aliphatic rings. The Balaban J connectivity index is 1.92. The van der Waals surface area contributed by atoms with Gasteiger partial charge >= 0.3 is 0 Å². The number of halogens is 2. The van der Waals surface area contributed by atoms with Gasteiger partial charge in [-0.25, -0.2) is 21.5 Å². The lowest BCUT2D eigenvalue weighted by Crippen LogP contribution is -2.46. The fourth-order valence-electron chi connectivity index (χ4n) is 2.77. The number of piperidine rings is 1. The Kier molecular flexibility index (Phi) is 6.47. The van der Waals surface area contributed by atoms with Crippen LogP contribution in [0.5, 0.6) is 0 Å². The van der Waals surface area contributed by atoms with Gasteiger partial charge in [-0.1, -0.05) is 6.07 Å². The first-order chi connectivity index (χ1) is 11.7. The Morgan fingerprint density at radius 1 is 1.40 bits per heavy atom. The van der Waals surface area contributed by atoms with Crippen LogP contribution in [-0.4, -0.2) is 49.1 Å². The molecule has 0 spiro atoms. The predicted octanol–water partition coefficient (Wildman–Crippen LogP) is 1.18. The number of rotatable bonds is 6. The van der Waals surface area contributed by atoms with Gasteiger partial charge in [0.15, 0.2) is 11.6 Å². The number of carbonyl (C=O) groups excluding carboxylic acids is 1. The van der Waals surface area contributed by atoms with Crippen molar-refractivity contribution in [3.63, 3.8) is 0 Å². The average molecular weight is 376 g/mol. The number of benzene rings is 1. The lowest BCUT2D eigenvalue weighted by molar-refractivity contribution is -0.126. The number of nitrogens with one attached hydrogen (secondary N) is 1. The van der Waals surface area contributed by atoms with Crippen LogP contribution in [0.1, 0.15) is 31.4 Å². The number of aliphatic hydroxyl groups excluding tert-OH is 1. The van der Waals surface area contributed by atoms with E-state index in [9.17, 15) is 27.1 Å². The van der Waals surface area contributed by atoms with Gasteiger partial charge in [0.2, 0.25) is 15.9 Å². The Hall–Kier alpha value is -1.58. The predicted molar refractivity (Wildman–Crippen MR) is 88.1 cm³/mol. The molecule has 140 valence electrons. The van der Waals surface area contributed by atoms with Crippen molar-refractivity contribution in [3.05, 3.63) is 35.4 Å². The third-order valence-corrected chi connectivity index (χ3v) is 6.16. The molecule has 9 heteroatoms. The molecule has 1 aromatic rings. The van der Waals surface area contributed by atoms with Crippen LogP contribution in [0.25, 0.3) is 0 Å². The number of hydrogen-bond donors (Lipinski definition) is 2. The van der Waals surface area contributed by atoms with Crippen LogP contribution in [-0.2, 0) is 14.8 Å². The van der Waals surface area contributed by atoms with Crippen molar-refractivity contribution in [2.45, 2.75) is 25.9 Å². The molecule has 0 saturated carbocycles. The molecule has 6 nitrogen and oxygen atoms in total. The van der Waals surface area contributed by atoms with Gasteiger partial charge in [0, 0.05) is 19.6 Å². The summed E-state index contributed by atoms with van der Waals surface area (Å²) >= 11 is 0. The standard InChI is InChI=1S/C16H22F2N2O4S/c1-2-25(23,24)20-7-3-4-12(10-20)16(22)19-9-15(21)11-5-6-13(17)14(18)8-11/h5-6,8,12,15,21H,2-4,7,9-10H2,1H3,(H,19,22)/t12-,15-/m1/s1. The first kappa shape index (κ1) is 19.7. The van der Waals surface area contributed by atoms with E-state index in [2.05, 4.69) is 5.32 Å². The van der Waals surface area contributed by atoms with Crippen molar-refractivity contribution in [3.8, 4) is 0 Å².